The van der Waals surface area contributed by atoms with Crippen LogP contribution in [0.25, 0.3) is 21.5 Å². The number of carbonyl (C=O) groups excluding carboxylic acids is 1. The van der Waals surface area contributed by atoms with E-state index < -0.39 is 0 Å². The number of carbonyl (C=O) groups is 1. The van der Waals surface area contributed by atoms with Crippen LogP contribution in [0.15, 0.2) is 82.5 Å². The van der Waals surface area contributed by atoms with Crippen molar-refractivity contribution >= 4 is 43.9 Å². The van der Waals surface area contributed by atoms with E-state index in [-0.39, 0.29) is 23.8 Å². The molecule has 0 fully saturated rings. The minimum atomic E-state index is -0.322. The lowest BCUT2D eigenvalue weighted by atomic mass is 10.2. The van der Waals surface area contributed by atoms with Gasteiger partial charge in [-0.2, -0.15) is 0 Å². The van der Waals surface area contributed by atoms with Gasteiger partial charge in [-0.25, -0.2) is 14.4 Å². The van der Waals surface area contributed by atoms with Gasteiger partial charge >= 0.3 is 0 Å². The van der Waals surface area contributed by atoms with Gasteiger partial charge in [0.05, 0.1) is 24.1 Å². The highest BCUT2D eigenvalue weighted by atomic mass is 32.1. The number of thiophene rings is 1. The monoisotopic (exact) mass is 476 g/mol. The van der Waals surface area contributed by atoms with Crippen molar-refractivity contribution < 1.29 is 9.18 Å². The molecule has 5 rings (SSSR count). The molecule has 0 unspecified atom stereocenters. The summed E-state index contributed by atoms with van der Waals surface area (Å²) in [6.07, 6.45) is 1.40. The summed E-state index contributed by atoms with van der Waals surface area (Å²) in [5.74, 6) is -0.601. The smallest absolute Gasteiger partial charge is 0.271 e. The van der Waals surface area contributed by atoms with Crippen LogP contribution in [0, 0.1) is 5.82 Å². The largest absolute Gasteiger partial charge is 0.288 e. The van der Waals surface area contributed by atoms with Gasteiger partial charge in [0.2, 0.25) is 5.91 Å². The number of rotatable bonds is 6. The summed E-state index contributed by atoms with van der Waals surface area (Å²) in [4.78, 5) is 36.7. The van der Waals surface area contributed by atoms with Crippen LogP contribution in [0.3, 0.4) is 0 Å². The third-order valence-electron chi connectivity index (χ3n) is 5.09. The molecule has 3 heterocycles. The molecule has 0 saturated carbocycles. The summed E-state index contributed by atoms with van der Waals surface area (Å²) in [6, 6.07) is 17.4. The number of thiazole rings is 1. The van der Waals surface area contributed by atoms with Gasteiger partial charge in [0.25, 0.3) is 5.56 Å². The van der Waals surface area contributed by atoms with Crippen LogP contribution in [0.5, 0.6) is 0 Å². The Morgan fingerprint density at radius 3 is 2.61 bits per heavy atom. The van der Waals surface area contributed by atoms with Gasteiger partial charge < -0.3 is 0 Å². The Balaban J connectivity index is 1.47. The zero-order valence-corrected chi connectivity index (χ0v) is 18.9. The number of hydrogen-bond acceptors (Lipinski definition) is 6. The second kappa shape index (κ2) is 9.05. The summed E-state index contributed by atoms with van der Waals surface area (Å²) in [7, 11) is 0. The third-order valence-corrected chi connectivity index (χ3v) is 6.84. The van der Waals surface area contributed by atoms with Crippen molar-refractivity contribution in [3.8, 4) is 11.3 Å². The van der Waals surface area contributed by atoms with Crippen molar-refractivity contribution in [2.75, 3.05) is 4.90 Å². The van der Waals surface area contributed by atoms with E-state index in [2.05, 4.69) is 9.97 Å². The fourth-order valence-corrected chi connectivity index (χ4v) is 5.04. The number of amides is 1. The maximum atomic E-state index is 13.4. The van der Waals surface area contributed by atoms with Crippen molar-refractivity contribution in [2.45, 2.75) is 13.1 Å². The number of benzene rings is 2. The molecule has 3 aromatic heterocycles. The molecule has 0 bridgehead atoms. The van der Waals surface area contributed by atoms with E-state index in [4.69, 9.17) is 0 Å². The van der Waals surface area contributed by atoms with E-state index >= 15 is 0 Å². The molecule has 0 N–H and O–H groups in total. The molecule has 33 heavy (non-hydrogen) atoms. The summed E-state index contributed by atoms with van der Waals surface area (Å²) in [5, 5.41) is 4.14. The van der Waals surface area contributed by atoms with Crippen molar-refractivity contribution in [3.63, 3.8) is 0 Å². The van der Waals surface area contributed by atoms with Crippen LogP contribution in [0.4, 0.5) is 9.52 Å². The first kappa shape index (κ1) is 21.2. The minimum absolute atomic E-state index is 0.155. The summed E-state index contributed by atoms with van der Waals surface area (Å²) in [5.41, 5.74) is 2.73. The Kier molecular flexibility index (Phi) is 5.80. The molecular weight excluding hydrogens is 459 g/mol. The van der Waals surface area contributed by atoms with Gasteiger partial charge in [0.1, 0.15) is 17.1 Å². The molecule has 6 nitrogen and oxygen atoms in total. The predicted molar refractivity (Wildman–Crippen MR) is 129 cm³/mol. The Labute approximate surface area is 196 Å². The van der Waals surface area contributed by atoms with Gasteiger partial charge in [-0.1, -0.05) is 30.3 Å². The van der Waals surface area contributed by atoms with E-state index in [9.17, 15) is 14.0 Å². The van der Waals surface area contributed by atoms with Gasteiger partial charge in [0, 0.05) is 10.9 Å². The van der Waals surface area contributed by atoms with E-state index in [1.165, 1.54) is 45.7 Å². The van der Waals surface area contributed by atoms with E-state index in [1.54, 1.807) is 28.5 Å². The highest BCUT2D eigenvalue weighted by molar-refractivity contribution is 7.17. The highest BCUT2D eigenvalue weighted by Crippen LogP contribution is 2.29. The molecule has 0 aliphatic carbocycles. The van der Waals surface area contributed by atoms with E-state index in [1.807, 2.05) is 35.7 Å². The Morgan fingerprint density at radius 1 is 1.03 bits per heavy atom. The van der Waals surface area contributed by atoms with Gasteiger partial charge in [-0.05, 0) is 41.3 Å². The number of fused-ring (bicyclic) bond motifs is 1. The van der Waals surface area contributed by atoms with Crippen LogP contribution < -0.4 is 10.5 Å². The lowest BCUT2D eigenvalue weighted by molar-refractivity contribution is -0.119. The Morgan fingerprint density at radius 2 is 1.82 bits per heavy atom. The molecule has 1 amide bonds. The molecule has 0 radical (unpaired) electrons. The number of nitrogens with zero attached hydrogens (tertiary/aromatic N) is 4. The Hall–Kier alpha value is -3.69. The van der Waals surface area contributed by atoms with Gasteiger partial charge in [-0.3, -0.25) is 19.1 Å². The maximum Gasteiger partial charge on any atom is 0.271 e. The highest BCUT2D eigenvalue weighted by Gasteiger charge is 2.21. The molecular formula is C24H17FN4O2S2. The number of anilines is 1. The standard InChI is InChI=1S/C24H17FN4O2S2/c25-18-8-6-17(7-9-18)20-14-33-24(27-20)29(12-16-4-2-1-3-5-16)21(30)13-28-15-26-19-10-11-32-22(19)23(28)31/h1-11,14-15H,12-13H2. The lowest BCUT2D eigenvalue weighted by Gasteiger charge is -2.20. The van der Waals surface area contributed by atoms with E-state index in [0.29, 0.717) is 27.6 Å². The normalized spacial score (nSPS) is 11.1. The second-order valence-electron chi connectivity index (χ2n) is 7.30. The molecule has 2 aromatic carbocycles. The number of aromatic nitrogens is 3. The molecule has 0 saturated heterocycles. The van der Waals surface area contributed by atoms with Crippen LogP contribution in [0.1, 0.15) is 5.56 Å². The van der Waals surface area contributed by atoms with Crippen molar-refractivity contribution in [2.24, 2.45) is 0 Å². The number of halogens is 1. The van der Waals surface area contributed by atoms with Crippen LogP contribution in [-0.2, 0) is 17.9 Å². The van der Waals surface area contributed by atoms with Crippen molar-refractivity contribution in [1.82, 2.24) is 14.5 Å². The second-order valence-corrected chi connectivity index (χ2v) is 9.05. The molecule has 164 valence electrons. The fraction of sp³-hybridized carbons (Fsp3) is 0.0833. The van der Waals surface area contributed by atoms with Crippen molar-refractivity contribution in [1.29, 1.82) is 0 Å². The zero-order valence-electron chi connectivity index (χ0n) is 17.2. The molecule has 0 atom stereocenters. The topological polar surface area (TPSA) is 68.1 Å². The average Bonchev–Trinajstić information content (AvgIpc) is 3.51. The fourth-order valence-electron chi connectivity index (χ4n) is 3.39. The van der Waals surface area contributed by atoms with Gasteiger partial charge in [-0.15, -0.1) is 22.7 Å². The third kappa shape index (κ3) is 4.46. The predicted octanol–water partition coefficient (Wildman–Crippen LogP) is 4.95. The summed E-state index contributed by atoms with van der Waals surface area (Å²) < 4.78 is 15.1. The average molecular weight is 477 g/mol. The molecule has 5 aromatic rings. The first-order chi connectivity index (χ1) is 16.1. The maximum absolute atomic E-state index is 13.4. The molecule has 0 aliphatic heterocycles. The molecule has 0 aliphatic rings. The van der Waals surface area contributed by atoms with E-state index in [0.717, 1.165) is 11.1 Å². The summed E-state index contributed by atoms with van der Waals surface area (Å²) >= 11 is 2.63. The quantitative estimate of drug-likeness (QED) is 0.348. The first-order valence-electron chi connectivity index (χ1n) is 10.1. The SMILES string of the molecule is O=C(Cn1cnc2ccsc2c1=O)N(Cc1ccccc1)c1nc(-c2ccc(F)cc2)cs1. The van der Waals surface area contributed by atoms with Gasteiger partial charge in [0.15, 0.2) is 5.13 Å². The Bertz CT molecular complexity index is 1480. The molecule has 9 heteroatoms. The minimum Gasteiger partial charge on any atom is -0.288 e. The molecule has 0 spiro atoms. The van der Waals surface area contributed by atoms with Crippen LogP contribution >= 0.6 is 22.7 Å². The first-order valence-corrected chi connectivity index (χ1v) is 11.8. The lowest BCUT2D eigenvalue weighted by Crippen LogP contribution is -2.36. The number of hydrogen-bond donors (Lipinski definition) is 0. The van der Waals surface area contributed by atoms with Crippen molar-refractivity contribution in [3.05, 3.63) is 99.5 Å². The van der Waals surface area contributed by atoms with Crippen LogP contribution in [0.2, 0.25) is 0 Å². The summed E-state index contributed by atoms with van der Waals surface area (Å²) in [6.45, 7) is 0.150. The van der Waals surface area contributed by atoms with Crippen LogP contribution in [-0.4, -0.2) is 20.4 Å². The zero-order chi connectivity index (χ0) is 22.8.